The predicted molar refractivity (Wildman–Crippen MR) is 73.8 cm³/mol. The fraction of sp³-hybridized carbons (Fsp3) is 0.467. The first-order valence-electron chi connectivity index (χ1n) is 6.37. The molecule has 0 aliphatic carbocycles. The highest BCUT2D eigenvalue weighted by atomic mass is 19.4. The second-order valence-electron chi connectivity index (χ2n) is 4.69. The molecule has 6 heteroatoms. The summed E-state index contributed by atoms with van der Waals surface area (Å²) in [6.07, 6.45) is -0.230. The molecule has 0 radical (unpaired) electrons. The summed E-state index contributed by atoms with van der Waals surface area (Å²) in [5, 5.41) is 9.61. The van der Waals surface area contributed by atoms with Gasteiger partial charge in [-0.15, -0.1) is 12.3 Å². The molecule has 1 aromatic rings. The summed E-state index contributed by atoms with van der Waals surface area (Å²) in [7, 11) is 1.52. The molecule has 0 saturated carbocycles. The van der Waals surface area contributed by atoms with Gasteiger partial charge >= 0.3 is 6.18 Å². The predicted octanol–water partition coefficient (Wildman–Crippen LogP) is 2.44. The number of alkyl halides is 3. The molecular formula is C15H18F3NO2. The quantitative estimate of drug-likeness (QED) is 0.785. The Bertz CT molecular complexity index is 465. The van der Waals surface area contributed by atoms with Crippen LogP contribution >= 0.6 is 0 Å². The van der Waals surface area contributed by atoms with Crippen LogP contribution in [0.1, 0.15) is 12.0 Å². The average molecular weight is 301 g/mol. The number of nitrogens with zero attached hydrogens (tertiary/aromatic N) is 1. The van der Waals surface area contributed by atoms with Crippen molar-refractivity contribution in [3.05, 3.63) is 29.8 Å². The van der Waals surface area contributed by atoms with Gasteiger partial charge in [0.1, 0.15) is 5.75 Å². The Hall–Kier alpha value is -1.71. The van der Waals surface area contributed by atoms with Crippen molar-refractivity contribution in [2.24, 2.45) is 0 Å². The fourth-order valence-corrected chi connectivity index (χ4v) is 1.93. The van der Waals surface area contributed by atoms with Gasteiger partial charge in [0.2, 0.25) is 0 Å². The Morgan fingerprint density at radius 3 is 2.43 bits per heavy atom. The fourth-order valence-electron chi connectivity index (χ4n) is 1.93. The van der Waals surface area contributed by atoms with E-state index in [1.807, 2.05) is 0 Å². The van der Waals surface area contributed by atoms with E-state index in [4.69, 9.17) is 11.2 Å². The maximum absolute atomic E-state index is 12.6. The number of aliphatic hydroxyl groups excluding tert-OH is 1. The highest BCUT2D eigenvalue weighted by Gasteiger charge is 2.31. The Kier molecular flexibility index (Phi) is 6.53. The van der Waals surface area contributed by atoms with E-state index in [0.29, 0.717) is 11.3 Å². The normalized spacial score (nSPS) is 13.0. The number of aliphatic hydroxyl groups is 1. The monoisotopic (exact) mass is 301 g/mol. The van der Waals surface area contributed by atoms with Gasteiger partial charge < -0.3 is 9.84 Å². The Balaban J connectivity index is 2.73. The lowest BCUT2D eigenvalue weighted by atomic mass is 10.1. The van der Waals surface area contributed by atoms with E-state index in [1.54, 1.807) is 24.3 Å². The molecule has 21 heavy (non-hydrogen) atoms. The van der Waals surface area contributed by atoms with Crippen LogP contribution < -0.4 is 4.74 Å². The maximum atomic E-state index is 12.6. The van der Waals surface area contributed by atoms with Gasteiger partial charge in [0.25, 0.3) is 0 Å². The lowest BCUT2D eigenvalue weighted by Crippen LogP contribution is -2.38. The molecule has 0 fully saturated rings. The Labute approximate surface area is 122 Å². The summed E-state index contributed by atoms with van der Waals surface area (Å²) in [6, 6.07) is 6.74. The zero-order valence-electron chi connectivity index (χ0n) is 11.7. The molecule has 0 aromatic heterocycles. The van der Waals surface area contributed by atoms with Gasteiger partial charge in [0, 0.05) is 19.5 Å². The number of halogens is 3. The van der Waals surface area contributed by atoms with Crippen LogP contribution in [0.25, 0.3) is 0 Å². The smallest absolute Gasteiger partial charge is 0.401 e. The minimum absolute atomic E-state index is 0.0248. The number of methoxy groups -OCH3 is 1. The van der Waals surface area contributed by atoms with E-state index in [9.17, 15) is 18.3 Å². The van der Waals surface area contributed by atoms with Gasteiger partial charge in [-0.05, 0) is 17.7 Å². The minimum Gasteiger partial charge on any atom is -0.497 e. The summed E-state index contributed by atoms with van der Waals surface area (Å²) in [4.78, 5) is 1.13. The minimum atomic E-state index is -4.33. The summed E-state index contributed by atoms with van der Waals surface area (Å²) in [5.74, 6) is 2.87. The highest BCUT2D eigenvalue weighted by molar-refractivity contribution is 5.27. The first-order chi connectivity index (χ1) is 9.84. The second kappa shape index (κ2) is 7.91. The number of rotatable bonds is 7. The second-order valence-corrected chi connectivity index (χ2v) is 4.69. The molecule has 0 amide bonds. The Morgan fingerprint density at radius 2 is 1.95 bits per heavy atom. The van der Waals surface area contributed by atoms with Gasteiger partial charge in [-0.2, -0.15) is 13.2 Å². The largest absolute Gasteiger partial charge is 0.497 e. The molecule has 0 aliphatic heterocycles. The highest BCUT2D eigenvalue weighted by Crippen LogP contribution is 2.19. The molecule has 0 spiro atoms. The lowest BCUT2D eigenvalue weighted by Gasteiger charge is -2.25. The summed E-state index contributed by atoms with van der Waals surface area (Å²) in [6.45, 7) is -1.15. The van der Waals surface area contributed by atoms with Crippen molar-refractivity contribution < 1.29 is 23.0 Å². The van der Waals surface area contributed by atoms with Gasteiger partial charge in [0.15, 0.2) is 0 Å². The third-order valence-electron chi connectivity index (χ3n) is 2.79. The van der Waals surface area contributed by atoms with E-state index >= 15 is 0 Å². The number of hydrogen-bond acceptors (Lipinski definition) is 3. The van der Waals surface area contributed by atoms with Crippen molar-refractivity contribution in [3.8, 4) is 18.1 Å². The molecule has 0 heterocycles. The van der Waals surface area contributed by atoms with Crippen molar-refractivity contribution in [2.75, 3.05) is 20.2 Å². The number of terminal acetylenes is 1. The molecular weight excluding hydrogens is 283 g/mol. The summed E-state index contributed by atoms with van der Waals surface area (Å²) < 4.78 is 42.7. The molecule has 0 aliphatic rings. The molecule has 116 valence electrons. The molecule has 0 bridgehead atoms. The molecule has 3 nitrogen and oxygen atoms in total. The summed E-state index contributed by atoms with van der Waals surface area (Å²) in [5.41, 5.74) is 0.702. The molecule has 1 aromatic carbocycles. The van der Waals surface area contributed by atoms with Gasteiger partial charge in [-0.3, -0.25) is 4.90 Å². The van der Waals surface area contributed by atoms with Crippen LogP contribution in [0.5, 0.6) is 5.75 Å². The SMILES string of the molecule is C#CC[C@H](O)CN(Cc1ccc(OC)cc1)CC(F)(F)F. The van der Waals surface area contributed by atoms with Crippen molar-refractivity contribution in [3.63, 3.8) is 0 Å². The first kappa shape index (κ1) is 17.3. The number of ether oxygens (including phenoxy) is 1. The number of benzene rings is 1. The third kappa shape index (κ3) is 7.02. The lowest BCUT2D eigenvalue weighted by molar-refractivity contribution is -0.149. The average Bonchev–Trinajstić information content (AvgIpc) is 2.37. The van der Waals surface area contributed by atoms with E-state index in [2.05, 4.69) is 5.92 Å². The van der Waals surface area contributed by atoms with E-state index in [0.717, 1.165) is 4.90 Å². The standard InChI is InChI=1S/C15H18F3NO2/c1-3-4-13(20)10-19(11-15(16,17)18)9-12-5-7-14(21-2)8-6-12/h1,5-8,13,20H,4,9-11H2,2H3/t13-/m0/s1. The molecule has 1 N–H and O–H groups in total. The van der Waals surface area contributed by atoms with E-state index in [1.165, 1.54) is 7.11 Å². The first-order valence-corrected chi connectivity index (χ1v) is 6.37. The van der Waals surface area contributed by atoms with Gasteiger partial charge in [-0.1, -0.05) is 12.1 Å². The zero-order chi connectivity index (χ0) is 15.9. The molecule has 1 atom stereocenters. The van der Waals surface area contributed by atoms with Crippen molar-refractivity contribution in [2.45, 2.75) is 25.2 Å². The van der Waals surface area contributed by atoms with Gasteiger partial charge in [0.05, 0.1) is 19.8 Å². The topological polar surface area (TPSA) is 32.7 Å². The third-order valence-corrected chi connectivity index (χ3v) is 2.79. The zero-order valence-corrected chi connectivity index (χ0v) is 11.7. The van der Waals surface area contributed by atoms with E-state index in [-0.39, 0.29) is 19.5 Å². The van der Waals surface area contributed by atoms with Crippen LogP contribution in [0.4, 0.5) is 13.2 Å². The molecule has 1 rings (SSSR count). The summed E-state index contributed by atoms with van der Waals surface area (Å²) >= 11 is 0. The molecule has 0 saturated heterocycles. The van der Waals surface area contributed by atoms with Crippen LogP contribution in [0.3, 0.4) is 0 Å². The van der Waals surface area contributed by atoms with Crippen molar-refractivity contribution >= 4 is 0 Å². The molecule has 0 unspecified atom stereocenters. The van der Waals surface area contributed by atoms with E-state index < -0.39 is 18.8 Å². The van der Waals surface area contributed by atoms with Gasteiger partial charge in [-0.25, -0.2) is 0 Å². The number of hydrogen-bond donors (Lipinski definition) is 1. The van der Waals surface area contributed by atoms with Crippen LogP contribution in [0.2, 0.25) is 0 Å². The Morgan fingerprint density at radius 1 is 1.33 bits per heavy atom. The van der Waals surface area contributed by atoms with Crippen molar-refractivity contribution in [1.29, 1.82) is 0 Å². The van der Waals surface area contributed by atoms with Crippen molar-refractivity contribution in [1.82, 2.24) is 4.90 Å². The van der Waals surface area contributed by atoms with Crippen LogP contribution in [0.15, 0.2) is 24.3 Å². The van der Waals surface area contributed by atoms with Crippen LogP contribution in [0, 0.1) is 12.3 Å². The van der Waals surface area contributed by atoms with Crippen LogP contribution in [-0.4, -0.2) is 42.5 Å². The maximum Gasteiger partial charge on any atom is 0.401 e. The van der Waals surface area contributed by atoms with Crippen LogP contribution in [-0.2, 0) is 6.54 Å².